The molecule has 1 N–H and O–H groups in total. The molecule has 0 fully saturated rings. The van der Waals surface area contributed by atoms with E-state index in [1.54, 1.807) is 0 Å². The Morgan fingerprint density at radius 1 is 1.69 bits per heavy atom. The lowest BCUT2D eigenvalue weighted by atomic mass is 10.2. The average molecular weight is 220 g/mol. The highest BCUT2D eigenvalue weighted by molar-refractivity contribution is 5.84. The first-order valence-electron chi connectivity index (χ1n) is 4.21. The smallest absolute Gasteiger partial charge is 0.270 e. The monoisotopic (exact) mass is 220 g/mol. The molecule has 1 aromatic rings. The van der Waals surface area contributed by atoms with Crippen molar-refractivity contribution in [2.24, 2.45) is 5.16 Å². The molecular formula is C10H8N2O4. The van der Waals surface area contributed by atoms with Crippen LogP contribution in [0.15, 0.2) is 23.4 Å². The Morgan fingerprint density at radius 2 is 2.44 bits per heavy atom. The molecule has 0 heterocycles. The van der Waals surface area contributed by atoms with Crippen LogP contribution in [0, 0.1) is 22.5 Å². The predicted molar refractivity (Wildman–Crippen MR) is 57.1 cm³/mol. The molecule has 0 aliphatic carbocycles. The second-order valence-electron chi connectivity index (χ2n) is 2.71. The first-order valence-corrected chi connectivity index (χ1v) is 4.21. The summed E-state index contributed by atoms with van der Waals surface area (Å²) in [6, 6.07) is 3.58. The summed E-state index contributed by atoms with van der Waals surface area (Å²) in [6.07, 6.45) is 6.07. The Labute approximate surface area is 91.3 Å². The van der Waals surface area contributed by atoms with E-state index in [-0.39, 0.29) is 23.6 Å². The zero-order valence-electron chi connectivity index (χ0n) is 8.16. The van der Waals surface area contributed by atoms with Gasteiger partial charge >= 0.3 is 0 Å². The van der Waals surface area contributed by atoms with Crippen LogP contribution < -0.4 is 0 Å². The highest BCUT2D eigenvalue weighted by atomic mass is 16.6. The Bertz CT molecular complexity index is 462. The van der Waals surface area contributed by atoms with E-state index in [0.29, 0.717) is 0 Å². The number of aromatic hydroxyl groups is 1. The summed E-state index contributed by atoms with van der Waals surface area (Å²) in [6.45, 7) is -0.00775. The third kappa shape index (κ3) is 2.99. The molecule has 6 heteroatoms. The summed E-state index contributed by atoms with van der Waals surface area (Å²) in [7, 11) is 0. The van der Waals surface area contributed by atoms with E-state index < -0.39 is 4.92 Å². The largest absolute Gasteiger partial charge is 0.507 e. The lowest BCUT2D eigenvalue weighted by Gasteiger charge is -1.98. The van der Waals surface area contributed by atoms with Crippen LogP contribution in [0.2, 0.25) is 0 Å². The lowest BCUT2D eigenvalue weighted by molar-refractivity contribution is -0.384. The highest BCUT2D eigenvalue weighted by Crippen LogP contribution is 2.21. The molecule has 82 valence electrons. The molecule has 0 bridgehead atoms. The molecule has 1 rings (SSSR count). The normalized spacial score (nSPS) is 9.94. The topological polar surface area (TPSA) is 85.0 Å². The van der Waals surface area contributed by atoms with E-state index in [4.69, 9.17) is 6.42 Å². The van der Waals surface area contributed by atoms with Gasteiger partial charge in [-0.1, -0.05) is 11.1 Å². The average Bonchev–Trinajstić information content (AvgIpc) is 2.26. The summed E-state index contributed by atoms with van der Waals surface area (Å²) in [5.74, 6) is 2.07. The Morgan fingerprint density at radius 3 is 3.06 bits per heavy atom. The van der Waals surface area contributed by atoms with E-state index in [0.717, 1.165) is 6.21 Å². The zero-order chi connectivity index (χ0) is 12.0. The van der Waals surface area contributed by atoms with Gasteiger partial charge < -0.3 is 9.94 Å². The van der Waals surface area contributed by atoms with E-state index in [9.17, 15) is 15.2 Å². The second-order valence-corrected chi connectivity index (χ2v) is 2.71. The van der Waals surface area contributed by atoms with Gasteiger partial charge in [-0.05, 0) is 6.07 Å². The second kappa shape index (κ2) is 5.36. The van der Waals surface area contributed by atoms with Crippen LogP contribution in [0.1, 0.15) is 5.56 Å². The summed E-state index contributed by atoms with van der Waals surface area (Å²) >= 11 is 0. The van der Waals surface area contributed by atoms with Gasteiger partial charge in [-0.3, -0.25) is 10.1 Å². The minimum atomic E-state index is -0.570. The fourth-order valence-corrected chi connectivity index (χ4v) is 0.927. The summed E-state index contributed by atoms with van der Waals surface area (Å²) in [4.78, 5) is 14.5. The van der Waals surface area contributed by atoms with Gasteiger partial charge in [0, 0.05) is 17.7 Å². The molecule has 6 nitrogen and oxygen atoms in total. The van der Waals surface area contributed by atoms with Crippen LogP contribution in [0.25, 0.3) is 0 Å². The van der Waals surface area contributed by atoms with Crippen molar-refractivity contribution in [2.45, 2.75) is 0 Å². The van der Waals surface area contributed by atoms with Gasteiger partial charge in [0.25, 0.3) is 5.69 Å². The summed E-state index contributed by atoms with van der Waals surface area (Å²) < 4.78 is 0. The molecule has 0 radical (unpaired) electrons. The molecule has 0 saturated carbocycles. The molecule has 16 heavy (non-hydrogen) atoms. The number of rotatable bonds is 4. The lowest BCUT2D eigenvalue weighted by Crippen LogP contribution is -1.91. The number of nitro benzene ring substituents is 1. The van der Waals surface area contributed by atoms with Gasteiger partial charge in [0.05, 0.1) is 11.1 Å². The van der Waals surface area contributed by atoms with E-state index in [2.05, 4.69) is 15.9 Å². The number of benzene rings is 1. The maximum Gasteiger partial charge on any atom is 0.270 e. The number of nitro groups is 1. The molecule has 1 aromatic carbocycles. The molecule has 0 spiro atoms. The molecule has 0 atom stereocenters. The van der Waals surface area contributed by atoms with Crippen molar-refractivity contribution in [3.8, 4) is 18.1 Å². The van der Waals surface area contributed by atoms with E-state index in [1.165, 1.54) is 18.2 Å². The third-order valence-electron chi connectivity index (χ3n) is 1.64. The van der Waals surface area contributed by atoms with Crippen LogP contribution in [-0.4, -0.2) is 22.9 Å². The molecule has 0 amide bonds. The van der Waals surface area contributed by atoms with Crippen molar-refractivity contribution in [1.29, 1.82) is 0 Å². The van der Waals surface area contributed by atoms with Gasteiger partial charge in [-0.15, -0.1) is 6.42 Å². The maximum absolute atomic E-state index is 10.5. The number of phenolic OH excluding ortho intramolecular Hbond substituents is 1. The molecule has 0 aliphatic rings. The van der Waals surface area contributed by atoms with Crippen LogP contribution in [0.5, 0.6) is 5.75 Å². The minimum absolute atomic E-state index is 0.00775. The van der Waals surface area contributed by atoms with Gasteiger partial charge in [-0.2, -0.15) is 0 Å². The molecule has 0 unspecified atom stereocenters. The fraction of sp³-hybridized carbons (Fsp3) is 0.100. The first kappa shape index (κ1) is 11.5. The quantitative estimate of drug-likeness (QED) is 0.272. The summed E-state index contributed by atoms with van der Waals surface area (Å²) in [5, 5.41) is 23.3. The van der Waals surface area contributed by atoms with Crippen molar-refractivity contribution >= 4 is 11.9 Å². The van der Waals surface area contributed by atoms with Crippen LogP contribution in [-0.2, 0) is 4.84 Å². The van der Waals surface area contributed by atoms with Crippen LogP contribution in [0.3, 0.4) is 0 Å². The number of terminal acetylenes is 1. The number of nitrogens with zero attached hydrogens (tertiary/aromatic N) is 2. The van der Waals surface area contributed by atoms with Crippen molar-refractivity contribution < 1.29 is 14.9 Å². The number of hydrogen-bond acceptors (Lipinski definition) is 5. The molecule has 0 saturated heterocycles. The van der Waals surface area contributed by atoms with Crippen molar-refractivity contribution in [2.75, 3.05) is 6.61 Å². The number of non-ortho nitro benzene ring substituents is 1. The van der Waals surface area contributed by atoms with Gasteiger partial charge in [0.1, 0.15) is 5.75 Å². The van der Waals surface area contributed by atoms with E-state index >= 15 is 0 Å². The Kier molecular flexibility index (Phi) is 3.86. The van der Waals surface area contributed by atoms with Crippen molar-refractivity contribution in [3.05, 3.63) is 33.9 Å². The first-order chi connectivity index (χ1) is 7.65. The molecule has 0 aromatic heterocycles. The highest BCUT2D eigenvalue weighted by Gasteiger charge is 2.08. The number of hydrogen-bond donors (Lipinski definition) is 1. The van der Waals surface area contributed by atoms with Crippen LogP contribution >= 0.6 is 0 Å². The van der Waals surface area contributed by atoms with Crippen molar-refractivity contribution in [3.63, 3.8) is 0 Å². The zero-order valence-corrected chi connectivity index (χ0v) is 8.16. The minimum Gasteiger partial charge on any atom is -0.507 e. The Balaban J connectivity index is 2.86. The predicted octanol–water partition coefficient (Wildman–Crippen LogP) is 1.28. The third-order valence-corrected chi connectivity index (χ3v) is 1.64. The fourth-order valence-electron chi connectivity index (χ4n) is 0.927. The Hall–Kier alpha value is -2.55. The number of oxime groups is 1. The maximum atomic E-state index is 10.5. The standard InChI is InChI=1S/C10H8N2O4/c1-2-5-16-11-7-8-6-9(12(14)15)3-4-10(8)13/h1,3-4,6-7,13H,5H2. The van der Waals surface area contributed by atoms with Gasteiger partial charge in [0.15, 0.2) is 6.61 Å². The SMILES string of the molecule is C#CCON=Cc1cc([N+](=O)[O-])ccc1O. The van der Waals surface area contributed by atoms with Gasteiger partial charge in [0.2, 0.25) is 0 Å². The van der Waals surface area contributed by atoms with Gasteiger partial charge in [-0.25, -0.2) is 0 Å². The van der Waals surface area contributed by atoms with E-state index in [1.807, 2.05) is 0 Å². The van der Waals surface area contributed by atoms with Crippen molar-refractivity contribution in [1.82, 2.24) is 0 Å². The van der Waals surface area contributed by atoms with Crippen LogP contribution in [0.4, 0.5) is 5.69 Å². The number of phenols is 1. The molecular weight excluding hydrogens is 212 g/mol. The molecule has 0 aliphatic heterocycles. The summed E-state index contributed by atoms with van der Waals surface area (Å²) in [5.41, 5.74) is 0.0439.